The lowest BCUT2D eigenvalue weighted by atomic mass is 9.83. The molecule has 104 valence electrons. The highest BCUT2D eigenvalue weighted by Gasteiger charge is 2.43. The summed E-state index contributed by atoms with van der Waals surface area (Å²) >= 11 is 0. The largest absolute Gasteiger partial charge is 0.586 e. The van der Waals surface area contributed by atoms with Crippen molar-refractivity contribution in [1.82, 2.24) is 0 Å². The topological polar surface area (TPSA) is 44.5 Å². The van der Waals surface area contributed by atoms with Gasteiger partial charge < -0.3 is 15.2 Å². The fraction of sp³-hybridized carbons (Fsp3) is 0.571. The van der Waals surface area contributed by atoms with Gasteiger partial charge in [-0.1, -0.05) is 6.07 Å². The first kappa shape index (κ1) is 12.7. The highest BCUT2D eigenvalue weighted by atomic mass is 19.3. The Morgan fingerprint density at radius 1 is 1.11 bits per heavy atom. The summed E-state index contributed by atoms with van der Waals surface area (Å²) in [5.41, 5.74) is 6.89. The molecular formula is C14H17F2NO2. The van der Waals surface area contributed by atoms with Gasteiger partial charge in [0.15, 0.2) is 11.5 Å². The van der Waals surface area contributed by atoms with Crippen molar-refractivity contribution in [2.75, 3.05) is 0 Å². The summed E-state index contributed by atoms with van der Waals surface area (Å²) in [6.07, 6.45) is 1.66. The highest BCUT2D eigenvalue weighted by molar-refractivity contribution is 5.45. The van der Waals surface area contributed by atoms with Crippen molar-refractivity contribution >= 4 is 0 Å². The first-order chi connectivity index (χ1) is 9.02. The van der Waals surface area contributed by atoms with E-state index in [-0.39, 0.29) is 11.5 Å². The van der Waals surface area contributed by atoms with Crippen LogP contribution in [0.15, 0.2) is 18.2 Å². The molecule has 19 heavy (non-hydrogen) atoms. The Morgan fingerprint density at radius 3 is 2.53 bits per heavy atom. The number of hydrogen-bond acceptors (Lipinski definition) is 3. The van der Waals surface area contributed by atoms with E-state index in [0.717, 1.165) is 37.7 Å². The van der Waals surface area contributed by atoms with Crippen molar-refractivity contribution in [2.45, 2.75) is 44.4 Å². The number of benzene rings is 1. The number of hydrogen-bond donors (Lipinski definition) is 1. The van der Waals surface area contributed by atoms with Gasteiger partial charge in [-0.2, -0.15) is 0 Å². The van der Waals surface area contributed by atoms with Crippen LogP contribution in [0.25, 0.3) is 0 Å². The Kier molecular flexibility index (Phi) is 3.09. The maximum Gasteiger partial charge on any atom is 0.586 e. The summed E-state index contributed by atoms with van der Waals surface area (Å²) in [4.78, 5) is 0. The average molecular weight is 269 g/mol. The molecule has 0 bridgehead atoms. The molecule has 3 nitrogen and oxygen atoms in total. The molecule has 1 aliphatic heterocycles. The van der Waals surface area contributed by atoms with E-state index in [1.165, 1.54) is 0 Å². The standard InChI is InChI=1S/C14H17F2NO2/c15-14(16)18-12-6-3-10(8-13(12)19-14)7-9-1-4-11(17)5-2-9/h3,6,8-9,11H,1-2,4-5,7,17H2. The van der Waals surface area contributed by atoms with Crippen molar-refractivity contribution in [3.05, 3.63) is 23.8 Å². The summed E-state index contributed by atoms with van der Waals surface area (Å²) in [6.45, 7) is 0. The van der Waals surface area contributed by atoms with Crippen molar-refractivity contribution in [2.24, 2.45) is 11.7 Å². The second kappa shape index (κ2) is 4.63. The van der Waals surface area contributed by atoms with Crippen molar-refractivity contribution < 1.29 is 18.3 Å². The Balaban J connectivity index is 1.67. The minimum atomic E-state index is -3.53. The zero-order valence-electron chi connectivity index (χ0n) is 10.6. The van der Waals surface area contributed by atoms with E-state index in [4.69, 9.17) is 5.73 Å². The van der Waals surface area contributed by atoms with Gasteiger partial charge >= 0.3 is 6.29 Å². The first-order valence-electron chi connectivity index (χ1n) is 6.66. The van der Waals surface area contributed by atoms with Crippen molar-refractivity contribution in [1.29, 1.82) is 0 Å². The zero-order chi connectivity index (χ0) is 13.5. The van der Waals surface area contributed by atoms with Crippen LogP contribution in [0.1, 0.15) is 31.2 Å². The van der Waals surface area contributed by atoms with Gasteiger partial charge in [-0.15, -0.1) is 8.78 Å². The Labute approximate surface area is 110 Å². The Morgan fingerprint density at radius 2 is 1.79 bits per heavy atom. The van der Waals surface area contributed by atoms with Crippen LogP contribution in [-0.2, 0) is 6.42 Å². The van der Waals surface area contributed by atoms with E-state index in [1.54, 1.807) is 12.1 Å². The smallest absolute Gasteiger partial charge is 0.395 e. The van der Waals surface area contributed by atoms with E-state index in [9.17, 15) is 8.78 Å². The van der Waals surface area contributed by atoms with Crippen LogP contribution < -0.4 is 15.2 Å². The summed E-state index contributed by atoms with van der Waals surface area (Å²) < 4.78 is 34.7. The molecular weight excluding hydrogens is 252 g/mol. The fourth-order valence-electron chi connectivity index (χ4n) is 2.85. The van der Waals surface area contributed by atoms with Gasteiger partial charge in [0.2, 0.25) is 0 Å². The summed E-state index contributed by atoms with van der Waals surface area (Å²) in [6, 6.07) is 5.37. The maximum atomic E-state index is 12.9. The molecule has 1 aliphatic carbocycles. The van der Waals surface area contributed by atoms with Gasteiger partial charge in [-0.05, 0) is 55.7 Å². The lowest BCUT2D eigenvalue weighted by Crippen LogP contribution is -2.27. The van der Waals surface area contributed by atoms with E-state index in [1.807, 2.05) is 6.07 Å². The molecule has 0 spiro atoms. The third kappa shape index (κ3) is 2.81. The molecule has 1 saturated carbocycles. The Bertz CT molecular complexity index is 471. The molecule has 1 aromatic rings. The van der Waals surface area contributed by atoms with E-state index >= 15 is 0 Å². The third-order valence-corrected chi connectivity index (χ3v) is 3.88. The van der Waals surface area contributed by atoms with Crippen LogP contribution in [0.5, 0.6) is 11.5 Å². The minimum absolute atomic E-state index is 0.111. The van der Waals surface area contributed by atoms with Crippen LogP contribution in [-0.4, -0.2) is 12.3 Å². The van der Waals surface area contributed by atoms with Gasteiger partial charge in [0.05, 0.1) is 0 Å². The number of rotatable bonds is 2. The predicted octanol–water partition coefficient (Wildman–Crippen LogP) is 3.07. The lowest BCUT2D eigenvalue weighted by molar-refractivity contribution is -0.286. The Hall–Kier alpha value is -1.36. The van der Waals surface area contributed by atoms with Gasteiger partial charge in [-0.3, -0.25) is 0 Å². The number of fused-ring (bicyclic) bond motifs is 1. The maximum absolute atomic E-state index is 12.9. The fourth-order valence-corrected chi connectivity index (χ4v) is 2.85. The van der Waals surface area contributed by atoms with Crippen molar-refractivity contribution in [3.8, 4) is 11.5 Å². The van der Waals surface area contributed by atoms with Gasteiger partial charge in [-0.25, -0.2) is 0 Å². The first-order valence-corrected chi connectivity index (χ1v) is 6.66. The normalized spacial score (nSPS) is 28.4. The molecule has 0 unspecified atom stereocenters. The monoisotopic (exact) mass is 269 g/mol. The second-order valence-corrected chi connectivity index (χ2v) is 5.43. The molecule has 5 heteroatoms. The van der Waals surface area contributed by atoms with Crippen LogP contribution in [0, 0.1) is 5.92 Å². The summed E-state index contributed by atoms with van der Waals surface area (Å²) in [5.74, 6) is 0.829. The van der Waals surface area contributed by atoms with E-state index in [2.05, 4.69) is 9.47 Å². The molecule has 1 aromatic carbocycles. The predicted molar refractivity (Wildman–Crippen MR) is 66.3 cm³/mol. The molecule has 2 N–H and O–H groups in total. The van der Waals surface area contributed by atoms with Crippen LogP contribution in [0.2, 0.25) is 0 Å². The zero-order valence-corrected chi connectivity index (χ0v) is 10.6. The number of ether oxygens (including phenoxy) is 2. The molecule has 0 radical (unpaired) electrons. The quantitative estimate of drug-likeness (QED) is 0.897. The molecule has 0 amide bonds. The van der Waals surface area contributed by atoms with E-state index < -0.39 is 6.29 Å². The lowest BCUT2D eigenvalue weighted by Gasteiger charge is -2.26. The van der Waals surface area contributed by atoms with Crippen LogP contribution in [0.3, 0.4) is 0 Å². The van der Waals surface area contributed by atoms with E-state index in [0.29, 0.717) is 12.0 Å². The average Bonchev–Trinajstić information content (AvgIpc) is 2.65. The number of halogens is 2. The van der Waals surface area contributed by atoms with Crippen molar-refractivity contribution in [3.63, 3.8) is 0 Å². The van der Waals surface area contributed by atoms with Gasteiger partial charge in [0.1, 0.15) is 0 Å². The number of nitrogens with two attached hydrogens (primary N) is 1. The molecule has 3 rings (SSSR count). The van der Waals surface area contributed by atoms with Crippen LogP contribution in [0.4, 0.5) is 8.78 Å². The molecule has 1 heterocycles. The molecule has 2 aliphatic rings. The molecule has 1 fully saturated rings. The number of alkyl halides is 2. The minimum Gasteiger partial charge on any atom is -0.395 e. The van der Waals surface area contributed by atoms with Gasteiger partial charge in [0, 0.05) is 6.04 Å². The highest BCUT2D eigenvalue weighted by Crippen LogP contribution is 2.41. The van der Waals surface area contributed by atoms with Crippen LogP contribution >= 0.6 is 0 Å². The molecule has 0 saturated heterocycles. The second-order valence-electron chi connectivity index (χ2n) is 5.43. The molecule has 0 aromatic heterocycles. The molecule has 0 atom stereocenters. The SMILES string of the molecule is NC1CCC(Cc2ccc3c(c2)OC(F)(F)O3)CC1. The summed E-state index contributed by atoms with van der Waals surface area (Å²) in [7, 11) is 0. The third-order valence-electron chi connectivity index (χ3n) is 3.88. The van der Waals surface area contributed by atoms with Gasteiger partial charge in [0.25, 0.3) is 0 Å². The summed E-state index contributed by atoms with van der Waals surface area (Å²) in [5, 5.41) is 0.